The summed E-state index contributed by atoms with van der Waals surface area (Å²) in [6.07, 6.45) is 3.88. The standard InChI is InChI=1S/C17H16BrN3O/c18-14-3-2-12-8-21-10-13(15(12)6-14)9-20-7-11-1-4-16(19)17(22)5-11/h1-6,8-9,20,22H,7,10,19H2/b13-9+. The molecular formula is C17H16BrN3O. The average Bonchev–Trinajstić information content (AvgIpc) is 2.51. The third kappa shape index (κ3) is 3.14. The van der Waals surface area contributed by atoms with Gasteiger partial charge in [-0.3, -0.25) is 4.99 Å². The van der Waals surface area contributed by atoms with Crippen molar-refractivity contribution in [1.82, 2.24) is 5.32 Å². The van der Waals surface area contributed by atoms with Crippen LogP contribution in [0, 0.1) is 0 Å². The van der Waals surface area contributed by atoms with Gasteiger partial charge in [-0.05, 0) is 46.5 Å². The lowest BCUT2D eigenvalue weighted by Crippen LogP contribution is -2.09. The summed E-state index contributed by atoms with van der Waals surface area (Å²) in [6, 6.07) is 11.4. The van der Waals surface area contributed by atoms with Crippen LogP contribution in [0.25, 0.3) is 5.57 Å². The van der Waals surface area contributed by atoms with E-state index < -0.39 is 0 Å². The number of anilines is 1. The lowest BCUT2D eigenvalue weighted by atomic mass is 9.99. The first-order chi connectivity index (χ1) is 10.6. The molecule has 0 fully saturated rings. The van der Waals surface area contributed by atoms with Crippen molar-refractivity contribution in [2.24, 2.45) is 4.99 Å². The fourth-order valence-electron chi connectivity index (χ4n) is 2.36. The van der Waals surface area contributed by atoms with Crippen LogP contribution in [-0.2, 0) is 6.54 Å². The predicted octanol–water partition coefficient (Wildman–Crippen LogP) is 3.30. The highest BCUT2D eigenvalue weighted by Gasteiger charge is 2.11. The smallest absolute Gasteiger partial charge is 0.138 e. The highest BCUT2D eigenvalue weighted by atomic mass is 79.9. The molecule has 5 heteroatoms. The van der Waals surface area contributed by atoms with Crippen LogP contribution in [0.5, 0.6) is 5.75 Å². The molecule has 0 atom stereocenters. The second-order valence-corrected chi connectivity index (χ2v) is 6.06. The summed E-state index contributed by atoms with van der Waals surface area (Å²) >= 11 is 3.51. The van der Waals surface area contributed by atoms with Gasteiger partial charge in [0.25, 0.3) is 0 Å². The molecule has 0 saturated carbocycles. The number of benzene rings is 2. The molecule has 3 rings (SSSR count). The Labute approximate surface area is 137 Å². The summed E-state index contributed by atoms with van der Waals surface area (Å²) in [5.41, 5.74) is 10.4. The minimum absolute atomic E-state index is 0.114. The maximum atomic E-state index is 9.62. The van der Waals surface area contributed by atoms with Gasteiger partial charge in [-0.25, -0.2) is 0 Å². The van der Waals surface area contributed by atoms with E-state index >= 15 is 0 Å². The highest BCUT2D eigenvalue weighted by molar-refractivity contribution is 9.10. The zero-order chi connectivity index (χ0) is 15.5. The number of hydrogen-bond acceptors (Lipinski definition) is 4. The van der Waals surface area contributed by atoms with Crippen molar-refractivity contribution in [2.45, 2.75) is 6.54 Å². The third-order valence-corrected chi connectivity index (χ3v) is 4.02. The van der Waals surface area contributed by atoms with Crippen LogP contribution in [-0.4, -0.2) is 17.9 Å². The maximum absolute atomic E-state index is 9.62. The molecule has 22 heavy (non-hydrogen) atoms. The molecule has 0 amide bonds. The van der Waals surface area contributed by atoms with Crippen molar-refractivity contribution in [2.75, 3.05) is 12.3 Å². The number of nitrogen functional groups attached to an aromatic ring is 1. The SMILES string of the molecule is Nc1ccc(CN/C=C2\CN=Cc3ccc(Br)cc32)cc1O. The fourth-order valence-corrected chi connectivity index (χ4v) is 2.72. The summed E-state index contributed by atoms with van der Waals surface area (Å²) in [7, 11) is 0. The largest absolute Gasteiger partial charge is 0.506 e. The molecule has 0 spiro atoms. The number of nitrogens with two attached hydrogens (primary N) is 1. The van der Waals surface area contributed by atoms with Gasteiger partial charge in [-0.15, -0.1) is 0 Å². The number of aliphatic imine (C=N–C) groups is 1. The van der Waals surface area contributed by atoms with Crippen molar-refractivity contribution >= 4 is 33.4 Å². The van der Waals surface area contributed by atoms with Crippen LogP contribution in [0.15, 0.2) is 52.1 Å². The summed E-state index contributed by atoms with van der Waals surface area (Å²) in [5.74, 6) is 0.114. The van der Waals surface area contributed by atoms with Crippen LogP contribution in [0.3, 0.4) is 0 Å². The van der Waals surface area contributed by atoms with Crippen LogP contribution < -0.4 is 11.1 Å². The van der Waals surface area contributed by atoms with E-state index in [1.165, 1.54) is 5.56 Å². The molecule has 0 saturated heterocycles. The van der Waals surface area contributed by atoms with Crippen molar-refractivity contribution in [3.05, 3.63) is 63.8 Å². The first-order valence-electron chi connectivity index (χ1n) is 6.93. The second-order valence-electron chi connectivity index (χ2n) is 5.15. The van der Waals surface area contributed by atoms with E-state index in [2.05, 4.69) is 32.3 Å². The van der Waals surface area contributed by atoms with E-state index in [1.807, 2.05) is 30.6 Å². The second kappa shape index (κ2) is 6.23. The van der Waals surface area contributed by atoms with Gasteiger partial charge in [0.2, 0.25) is 0 Å². The predicted molar refractivity (Wildman–Crippen MR) is 93.9 cm³/mol. The van der Waals surface area contributed by atoms with Crippen LogP contribution in [0.2, 0.25) is 0 Å². The van der Waals surface area contributed by atoms with Crippen LogP contribution >= 0.6 is 15.9 Å². The van der Waals surface area contributed by atoms with Gasteiger partial charge in [0, 0.05) is 23.4 Å². The van der Waals surface area contributed by atoms with Crippen LogP contribution in [0.4, 0.5) is 5.69 Å². The third-order valence-electron chi connectivity index (χ3n) is 3.53. The summed E-state index contributed by atoms with van der Waals surface area (Å²) in [6.45, 7) is 1.27. The van der Waals surface area contributed by atoms with Crippen molar-refractivity contribution < 1.29 is 5.11 Å². The molecule has 4 nitrogen and oxygen atoms in total. The van der Waals surface area contributed by atoms with Gasteiger partial charge in [0.05, 0.1) is 12.2 Å². The summed E-state index contributed by atoms with van der Waals surface area (Å²) in [5, 5.41) is 12.9. The van der Waals surface area contributed by atoms with E-state index in [-0.39, 0.29) is 5.75 Å². The number of nitrogens with zero attached hydrogens (tertiary/aromatic N) is 1. The number of hydrogen-bond donors (Lipinski definition) is 3. The first kappa shape index (κ1) is 14.7. The number of halogens is 1. The minimum Gasteiger partial charge on any atom is -0.506 e. The lowest BCUT2D eigenvalue weighted by molar-refractivity contribution is 0.477. The van der Waals surface area contributed by atoms with Crippen LogP contribution in [0.1, 0.15) is 16.7 Å². The number of phenols is 1. The fraction of sp³-hybridized carbons (Fsp3) is 0.118. The molecule has 0 aromatic heterocycles. The first-order valence-corrected chi connectivity index (χ1v) is 7.72. The number of aromatic hydroxyl groups is 1. The van der Waals surface area contributed by atoms with E-state index in [9.17, 15) is 5.11 Å². The van der Waals surface area contributed by atoms with Gasteiger partial charge in [-0.1, -0.05) is 28.1 Å². The lowest BCUT2D eigenvalue weighted by Gasteiger charge is -2.14. The van der Waals surface area contributed by atoms with Crippen molar-refractivity contribution in [1.29, 1.82) is 0 Å². The van der Waals surface area contributed by atoms with Gasteiger partial charge >= 0.3 is 0 Å². The van der Waals surface area contributed by atoms with E-state index in [4.69, 9.17) is 5.73 Å². The molecule has 0 unspecified atom stereocenters. The van der Waals surface area contributed by atoms with Gasteiger partial charge in [0.1, 0.15) is 5.75 Å². The minimum atomic E-state index is 0.114. The molecular weight excluding hydrogens is 342 g/mol. The molecule has 2 aromatic carbocycles. The Morgan fingerprint density at radius 3 is 2.95 bits per heavy atom. The molecule has 1 aliphatic rings. The Bertz CT molecular complexity index is 768. The number of phenolic OH excluding ortho intramolecular Hbond substituents is 1. The van der Waals surface area contributed by atoms with E-state index in [1.54, 1.807) is 12.1 Å². The molecule has 0 aliphatic carbocycles. The number of rotatable bonds is 3. The highest BCUT2D eigenvalue weighted by Crippen LogP contribution is 2.25. The zero-order valence-corrected chi connectivity index (χ0v) is 13.5. The van der Waals surface area contributed by atoms with Gasteiger partial charge in [-0.2, -0.15) is 0 Å². The van der Waals surface area contributed by atoms with E-state index in [0.717, 1.165) is 21.2 Å². The summed E-state index contributed by atoms with van der Waals surface area (Å²) in [4.78, 5) is 4.38. The zero-order valence-electron chi connectivity index (χ0n) is 11.9. The van der Waals surface area contributed by atoms with Crippen molar-refractivity contribution in [3.8, 4) is 5.75 Å². The number of nitrogens with one attached hydrogen (secondary N) is 1. The molecule has 0 bridgehead atoms. The van der Waals surface area contributed by atoms with Gasteiger partial charge < -0.3 is 16.2 Å². The molecule has 0 radical (unpaired) electrons. The average molecular weight is 358 g/mol. The van der Waals surface area contributed by atoms with E-state index in [0.29, 0.717) is 18.8 Å². The molecule has 112 valence electrons. The maximum Gasteiger partial charge on any atom is 0.138 e. The normalized spacial score (nSPS) is 14.9. The van der Waals surface area contributed by atoms with Gasteiger partial charge in [0.15, 0.2) is 0 Å². The number of fused-ring (bicyclic) bond motifs is 1. The van der Waals surface area contributed by atoms with Crippen molar-refractivity contribution in [3.63, 3.8) is 0 Å². The Morgan fingerprint density at radius 1 is 1.27 bits per heavy atom. The summed E-state index contributed by atoms with van der Waals surface area (Å²) < 4.78 is 1.05. The monoisotopic (exact) mass is 357 g/mol. The molecule has 4 N–H and O–H groups in total. The molecule has 1 heterocycles. The Kier molecular flexibility index (Phi) is 4.15. The topological polar surface area (TPSA) is 70.6 Å². The Balaban J connectivity index is 1.75. The quantitative estimate of drug-likeness (QED) is 0.582. The Hall–Kier alpha value is -2.27. The Morgan fingerprint density at radius 2 is 2.14 bits per heavy atom. The molecule has 2 aromatic rings. The molecule has 1 aliphatic heterocycles.